The van der Waals surface area contributed by atoms with Gasteiger partial charge < -0.3 is 30.6 Å². The van der Waals surface area contributed by atoms with Crippen LogP contribution in [-0.2, 0) is 4.79 Å². The number of piperidine rings is 2. The van der Waals surface area contributed by atoms with Gasteiger partial charge in [0.1, 0.15) is 18.3 Å². The number of benzene rings is 1. The van der Waals surface area contributed by atoms with Crippen LogP contribution < -0.4 is 15.5 Å². The Bertz CT molecular complexity index is 681. The van der Waals surface area contributed by atoms with Gasteiger partial charge in [0.25, 0.3) is 0 Å². The quantitative estimate of drug-likeness (QED) is 0.433. The van der Waals surface area contributed by atoms with E-state index in [1.807, 2.05) is 0 Å². The van der Waals surface area contributed by atoms with Crippen molar-refractivity contribution in [1.82, 2.24) is 5.32 Å². The normalized spacial score (nSPS) is 28.0. The maximum absolute atomic E-state index is 14.6. The molecule has 0 saturated carbocycles. The van der Waals surface area contributed by atoms with E-state index in [0.29, 0.717) is 37.3 Å². The Labute approximate surface area is 156 Å². The Hall–Kier alpha value is -1.94. The molecule has 2 aliphatic rings. The molecule has 2 heterocycles. The largest absolute Gasteiger partial charge is 0.481 e. The summed E-state index contributed by atoms with van der Waals surface area (Å²) in [5, 5.41) is 44.3. The highest BCUT2D eigenvalue weighted by Crippen LogP contribution is 2.31. The first-order chi connectivity index (χ1) is 12.8. The molecule has 1 aromatic carbocycles. The van der Waals surface area contributed by atoms with Crippen molar-refractivity contribution in [3.05, 3.63) is 24.0 Å². The highest BCUT2D eigenvalue weighted by Gasteiger charge is 2.35. The van der Waals surface area contributed by atoms with Crippen molar-refractivity contribution in [2.75, 3.05) is 23.3 Å². The standard InChI is InChI=1S/C18H26FN3O5/c19-12-9-11(20-13-2-4-15(23)21-17(13)26)1-3-14(12)22-7-5-18(27,6-8-22)10-16(24)25/h1,3,9,13,15,17,20-21,23,26-27H,2,4-8,10H2,(H,24,25). The monoisotopic (exact) mass is 383 g/mol. The Balaban J connectivity index is 1.61. The zero-order chi connectivity index (χ0) is 19.6. The van der Waals surface area contributed by atoms with Crippen molar-refractivity contribution < 1.29 is 29.6 Å². The van der Waals surface area contributed by atoms with Gasteiger partial charge in [-0.05, 0) is 43.9 Å². The maximum Gasteiger partial charge on any atom is 0.306 e. The summed E-state index contributed by atoms with van der Waals surface area (Å²) < 4.78 is 14.6. The molecule has 3 rings (SSSR count). The highest BCUT2D eigenvalue weighted by atomic mass is 19.1. The molecule has 150 valence electrons. The molecule has 0 spiro atoms. The van der Waals surface area contributed by atoms with Crippen molar-refractivity contribution in [2.45, 2.75) is 56.2 Å². The van der Waals surface area contributed by atoms with E-state index >= 15 is 0 Å². The van der Waals surface area contributed by atoms with Gasteiger partial charge in [-0.3, -0.25) is 10.1 Å². The first-order valence-corrected chi connectivity index (χ1v) is 9.13. The molecule has 1 aromatic rings. The average Bonchev–Trinajstić information content (AvgIpc) is 2.58. The number of aliphatic hydroxyl groups is 3. The molecule has 0 radical (unpaired) electrons. The number of anilines is 2. The average molecular weight is 383 g/mol. The van der Waals surface area contributed by atoms with Gasteiger partial charge in [-0.2, -0.15) is 0 Å². The van der Waals surface area contributed by atoms with Gasteiger partial charge in [0.2, 0.25) is 0 Å². The van der Waals surface area contributed by atoms with Gasteiger partial charge >= 0.3 is 5.97 Å². The summed E-state index contributed by atoms with van der Waals surface area (Å²) in [6.45, 7) is 0.743. The predicted octanol–water partition coefficient (Wildman–Crippen LogP) is 0.432. The van der Waals surface area contributed by atoms with Crippen LogP contribution in [0, 0.1) is 5.82 Å². The van der Waals surface area contributed by atoms with Crippen LogP contribution in [-0.4, -0.2) is 63.6 Å². The lowest BCUT2D eigenvalue weighted by Crippen LogP contribution is -2.53. The lowest BCUT2D eigenvalue weighted by atomic mass is 9.88. The minimum Gasteiger partial charge on any atom is -0.481 e. The number of carbonyl (C=O) groups is 1. The number of rotatable bonds is 5. The zero-order valence-corrected chi connectivity index (χ0v) is 14.9. The number of aliphatic carboxylic acids is 1. The molecule has 3 atom stereocenters. The van der Waals surface area contributed by atoms with Gasteiger partial charge in [0.05, 0.1) is 23.8 Å². The molecule has 0 aliphatic carbocycles. The number of hydrogen-bond acceptors (Lipinski definition) is 7. The van der Waals surface area contributed by atoms with Gasteiger partial charge in [-0.1, -0.05) is 0 Å². The lowest BCUT2D eigenvalue weighted by Gasteiger charge is -2.38. The van der Waals surface area contributed by atoms with Crippen LogP contribution in [0.2, 0.25) is 0 Å². The number of aliphatic hydroxyl groups excluding tert-OH is 2. The fraction of sp³-hybridized carbons (Fsp3) is 0.611. The topological polar surface area (TPSA) is 125 Å². The fourth-order valence-corrected chi connectivity index (χ4v) is 3.73. The van der Waals surface area contributed by atoms with Crippen molar-refractivity contribution in [3.63, 3.8) is 0 Å². The molecule has 0 aromatic heterocycles. The second kappa shape index (κ2) is 7.97. The Morgan fingerprint density at radius 1 is 1.30 bits per heavy atom. The minimum atomic E-state index is -1.24. The fourth-order valence-electron chi connectivity index (χ4n) is 3.73. The molecule has 2 saturated heterocycles. The smallest absolute Gasteiger partial charge is 0.306 e. The Morgan fingerprint density at radius 2 is 2.00 bits per heavy atom. The van der Waals surface area contributed by atoms with E-state index in [1.165, 1.54) is 6.07 Å². The van der Waals surface area contributed by atoms with E-state index in [0.717, 1.165) is 0 Å². The number of carboxylic acid groups (broad SMARTS) is 1. The van der Waals surface area contributed by atoms with Crippen LogP contribution in [0.4, 0.5) is 15.8 Å². The van der Waals surface area contributed by atoms with E-state index in [2.05, 4.69) is 10.6 Å². The minimum absolute atomic E-state index is 0.265. The second-order valence-corrected chi connectivity index (χ2v) is 7.40. The molecule has 2 fully saturated rings. The van der Waals surface area contributed by atoms with Crippen molar-refractivity contribution >= 4 is 17.3 Å². The van der Waals surface area contributed by atoms with E-state index < -0.39 is 29.8 Å². The third-order valence-electron chi connectivity index (χ3n) is 5.31. The van der Waals surface area contributed by atoms with E-state index in [-0.39, 0.29) is 25.3 Å². The molecular weight excluding hydrogens is 357 g/mol. The summed E-state index contributed by atoms with van der Waals surface area (Å²) in [5.74, 6) is -1.47. The SMILES string of the molecule is O=C(O)CC1(O)CCN(c2ccc(NC3CCC(O)NC3O)cc2F)CC1. The summed E-state index contributed by atoms with van der Waals surface area (Å²) in [4.78, 5) is 12.6. The van der Waals surface area contributed by atoms with Gasteiger partial charge in [0, 0.05) is 18.8 Å². The molecule has 27 heavy (non-hydrogen) atoms. The van der Waals surface area contributed by atoms with Crippen molar-refractivity contribution in [1.29, 1.82) is 0 Å². The number of carboxylic acids is 1. The highest BCUT2D eigenvalue weighted by molar-refractivity contribution is 5.68. The summed E-state index contributed by atoms with van der Waals surface area (Å²) in [7, 11) is 0. The third kappa shape index (κ3) is 4.86. The second-order valence-electron chi connectivity index (χ2n) is 7.40. The molecular formula is C18H26FN3O5. The number of nitrogens with zero attached hydrogens (tertiary/aromatic N) is 1. The Morgan fingerprint density at radius 3 is 2.59 bits per heavy atom. The van der Waals surface area contributed by atoms with Crippen molar-refractivity contribution in [2.24, 2.45) is 0 Å². The summed E-state index contributed by atoms with van der Waals surface area (Å²) >= 11 is 0. The summed E-state index contributed by atoms with van der Waals surface area (Å²) in [6.07, 6.45) is -0.405. The molecule has 9 heteroatoms. The van der Waals surface area contributed by atoms with Crippen LogP contribution in [0.15, 0.2) is 18.2 Å². The van der Waals surface area contributed by atoms with Gasteiger partial charge in [0.15, 0.2) is 0 Å². The maximum atomic E-state index is 14.6. The van der Waals surface area contributed by atoms with Crippen LogP contribution in [0.5, 0.6) is 0 Å². The molecule has 3 unspecified atom stereocenters. The number of halogens is 1. The van der Waals surface area contributed by atoms with E-state index in [4.69, 9.17) is 5.11 Å². The first kappa shape index (κ1) is 19.8. The number of nitrogens with one attached hydrogen (secondary N) is 2. The van der Waals surface area contributed by atoms with Crippen LogP contribution >= 0.6 is 0 Å². The van der Waals surface area contributed by atoms with E-state index in [1.54, 1.807) is 17.0 Å². The third-order valence-corrected chi connectivity index (χ3v) is 5.31. The van der Waals surface area contributed by atoms with Gasteiger partial charge in [-0.25, -0.2) is 4.39 Å². The van der Waals surface area contributed by atoms with Gasteiger partial charge in [-0.15, -0.1) is 0 Å². The predicted molar refractivity (Wildman–Crippen MR) is 96.8 cm³/mol. The molecule has 2 aliphatic heterocycles. The zero-order valence-electron chi connectivity index (χ0n) is 14.9. The summed E-state index contributed by atoms with van der Waals surface area (Å²) in [5.41, 5.74) is -0.316. The van der Waals surface area contributed by atoms with Crippen molar-refractivity contribution in [3.8, 4) is 0 Å². The lowest BCUT2D eigenvalue weighted by molar-refractivity contribution is -0.143. The molecule has 8 nitrogen and oxygen atoms in total. The number of hydrogen-bond donors (Lipinski definition) is 6. The van der Waals surface area contributed by atoms with Crippen LogP contribution in [0.1, 0.15) is 32.1 Å². The van der Waals surface area contributed by atoms with E-state index in [9.17, 15) is 24.5 Å². The first-order valence-electron chi connectivity index (χ1n) is 9.13. The molecule has 0 amide bonds. The van der Waals surface area contributed by atoms with Crippen LogP contribution in [0.25, 0.3) is 0 Å². The van der Waals surface area contributed by atoms with Crippen LogP contribution in [0.3, 0.4) is 0 Å². The Kier molecular flexibility index (Phi) is 5.85. The molecule has 6 N–H and O–H groups in total. The summed E-state index contributed by atoms with van der Waals surface area (Å²) in [6, 6.07) is 4.37. The molecule has 0 bridgehead atoms.